The average molecular weight is 211 g/mol. The molecule has 0 spiro atoms. The van der Waals surface area contributed by atoms with E-state index in [4.69, 9.17) is 0 Å². The molecule has 0 bridgehead atoms. The highest BCUT2D eigenvalue weighted by Crippen LogP contribution is 2.29. The predicted octanol–water partition coefficient (Wildman–Crippen LogP) is 3.35. The van der Waals surface area contributed by atoms with Crippen molar-refractivity contribution in [3.05, 3.63) is 29.3 Å². The van der Waals surface area contributed by atoms with E-state index in [2.05, 4.69) is 12.2 Å². The summed E-state index contributed by atoms with van der Waals surface area (Å²) in [5, 5.41) is 3.05. The van der Waals surface area contributed by atoms with E-state index in [-0.39, 0.29) is 0 Å². The van der Waals surface area contributed by atoms with Crippen LogP contribution in [0.25, 0.3) is 0 Å². The van der Waals surface area contributed by atoms with Crippen LogP contribution in [0.2, 0.25) is 0 Å². The summed E-state index contributed by atoms with van der Waals surface area (Å²) in [6.45, 7) is 2.92. The summed E-state index contributed by atoms with van der Waals surface area (Å²) in [7, 11) is 0. The second-order valence-corrected chi connectivity index (χ2v) is 4.16. The van der Waals surface area contributed by atoms with Crippen molar-refractivity contribution in [2.24, 2.45) is 5.92 Å². The fourth-order valence-electron chi connectivity index (χ4n) is 2.23. The molecule has 1 aromatic rings. The molecule has 1 nitrogen and oxygen atoms in total. The zero-order valence-corrected chi connectivity index (χ0v) is 8.82. The molecule has 1 heterocycles. The molecule has 2 rings (SSSR count). The van der Waals surface area contributed by atoms with Crippen LogP contribution in [-0.4, -0.2) is 6.54 Å². The first kappa shape index (κ1) is 10.4. The molecule has 15 heavy (non-hydrogen) atoms. The highest BCUT2D eigenvalue weighted by atomic mass is 19.1. The predicted molar refractivity (Wildman–Crippen MR) is 56.9 cm³/mol. The number of benzene rings is 1. The minimum absolute atomic E-state index is 0.472. The molecule has 1 aliphatic heterocycles. The third-order valence-corrected chi connectivity index (χ3v) is 2.91. The number of hydrogen-bond acceptors (Lipinski definition) is 1. The Morgan fingerprint density at radius 3 is 2.93 bits per heavy atom. The molecule has 3 heteroatoms. The number of rotatable bonds is 2. The SMILES string of the molecule is CCCC1CNc2c(F)cc(F)cc2C1. The molecule has 1 unspecified atom stereocenters. The Balaban J connectivity index is 2.25. The molecule has 0 saturated carbocycles. The lowest BCUT2D eigenvalue weighted by Gasteiger charge is -2.26. The number of hydrogen-bond donors (Lipinski definition) is 1. The van der Waals surface area contributed by atoms with Gasteiger partial charge in [0.1, 0.15) is 11.6 Å². The maximum absolute atomic E-state index is 13.3. The fraction of sp³-hybridized carbons (Fsp3) is 0.500. The second-order valence-electron chi connectivity index (χ2n) is 4.16. The minimum atomic E-state index is -0.481. The summed E-state index contributed by atoms with van der Waals surface area (Å²) in [5.41, 5.74) is 1.26. The molecule has 1 N–H and O–H groups in total. The molecule has 0 radical (unpaired) electrons. The maximum atomic E-state index is 13.3. The van der Waals surface area contributed by atoms with Crippen molar-refractivity contribution in [2.45, 2.75) is 26.2 Å². The minimum Gasteiger partial charge on any atom is -0.382 e. The van der Waals surface area contributed by atoms with E-state index in [9.17, 15) is 8.78 Å². The van der Waals surface area contributed by atoms with Gasteiger partial charge >= 0.3 is 0 Å². The quantitative estimate of drug-likeness (QED) is 0.791. The van der Waals surface area contributed by atoms with Crippen LogP contribution in [0.5, 0.6) is 0 Å². The normalized spacial score (nSPS) is 19.5. The molecule has 1 aliphatic rings. The van der Waals surface area contributed by atoms with E-state index in [0.29, 0.717) is 11.6 Å². The number of anilines is 1. The van der Waals surface area contributed by atoms with Crippen LogP contribution in [-0.2, 0) is 6.42 Å². The maximum Gasteiger partial charge on any atom is 0.149 e. The lowest BCUT2D eigenvalue weighted by atomic mass is 9.90. The first-order valence-electron chi connectivity index (χ1n) is 5.42. The third-order valence-electron chi connectivity index (χ3n) is 2.91. The number of nitrogens with one attached hydrogen (secondary N) is 1. The lowest BCUT2D eigenvalue weighted by Crippen LogP contribution is -2.24. The monoisotopic (exact) mass is 211 g/mol. The first-order chi connectivity index (χ1) is 7.20. The van der Waals surface area contributed by atoms with Gasteiger partial charge in [-0.3, -0.25) is 0 Å². The van der Waals surface area contributed by atoms with Crippen LogP contribution >= 0.6 is 0 Å². The van der Waals surface area contributed by atoms with Crippen molar-refractivity contribution in [3.63, 3.8) is 0 Å². The first-order valence-corrected chi connectivity index (χ1v) is 5.42. The van der Waals surface area contributed by atoms with E-state index in [1.54, 1.807) is 0 Å². The number of fused-ring (bicyclic) bond motifs is 1. The van der Waals surface area contributed by atoms with Crippen LogP contribution < -0.4 is 5.32 Å². The van der Waals surface area contributed by atoms with E-state index in [1.165, 1.54) is 6.07 Å². The van der Waals surface area contributed by atoms with Gasteiger partial charge in [0.25, 0.3) is 0 Å². The van der Waals surface area contributed by atoms with Gasteiger partial charge in [0.15, 0.2) is 0 Å². The van der Waals surface area contributed by atoms with Crippen LogP contribution in [0.15, 0.2) is 12.1 Å². The molecule has 1 aromatic carbocycles. The molecule has 82 valence electrons. The zero-order valence-electron chi connectivity index (χ0n) is 8.82. The van der Waals surface area contributed by atoms with Crippen LogP contribution in [0, 0.1) is 17.6 Å². The highest BCUT2D eigenvalue weighted by molar-refractivity contribution is 5.54. The molecule has 0 aliphatic carbocycles. The van der Waals surface area contributed by atoms with Crippen molar-refractivity contribution >= 4 is 5.69 Å². The topological polar surface area (TPSA) is 12.0 Å². The van der Waals surface area contributed by atoms with Crippen LogP contribution in [0.4, 0.5) is 14.5 Å². The van der Waals surface area contributed by atoms with Crippen molar-refractivity contribution in [1.29, 1.82) is 0 Å². The summed E-state index contributed by atoms with van der Waals surface area (Å²) >= 11 is 0. The molecule has 0 amide bonds. The van der Waals surface area contributed by atoms with Crippen molar-refractivity contribution in [2.75, 3.05) is 11.9 Å². The largest absolute Gasteiger partial charge is 0.382 e. The van der Waals surface area contributed by atoms with Gasteiger partial charge in [-0.05, 0) is 30.4 Å². The molecule has 0 fully saturated rings. The van der Waals surface area contributed by atoms with Gasteiger partial charge in [0.2, 0.25) is 0 Å². The Morgan fingerprint density at radius 1 is 1.40 bits per heavy atom. The van der Waals surface area contributed by atoms with Crippen LogP contribution in [0.1, 0.15) is 25.3 Å². The van der Waals surface area contributed by atoms with Gasteiger partial charge in [0, 0.05) is 12.6 Å². The summed E-state index contributed by atoms with van der Waals surface area (Å²) < 4.78 is 26.3. The van der Waals surface area contributed by atoms with Crippen LogP contribution in [0.3, 0.4) is 0 Å². The smallest absolute Gasteiger partial charge is 0.149 e. The van der Waals surface area contributed by atoms with Crippen molar-refractivity contribution in [3.8, 4) is 0 Å². The van der Waals surface area contributed by atoms with Crippen molar-refractivity contribution in [1.82, 2.24) is 0 Å². The second kappa shape index (κ2) is 4.17. The van der Waals surface area contributed by atoms with Crippen molar-refractivity contribution < 1.29 is 8.78 Å². The van der Waals surface area contributed by atoms with Gasteiger partial charge in [0.05, 0.1) is 5.69 Å². The summed E-state index contributed by atoms with van der Waals surface area (Å²) in [6.07, 6.45) is 2.99. The summed E-state index contributed by atoms with van der Waals surface area (Å²) in [6, 6.07) is 2.37. The summed E-state index contributed by atoms with van der Waals surface area (Å²) in [4.78, 5) is 0. The molecule has 0 saturated heterocycles. The van der Waals surface area contributed by atoms with E-state index < -0.39 is 11.6 Å². The third kappa shape index (κ3) is 2.11. The molecule has 0 aromatic heterocycles. The standard InChI is InChI=1S/C12H15F2N/c1-2-3-8-4-9-5-10(13)6-11(14)12(9)15-7-8/h5-6,8,15H,2-4,7H2,1H3. The van der Waals surface area contributed by atoms with E-state index in [0.717, 1.165) is 37.4 Å². The Labute approximate surface area is 88.5 Å². The Hall–Kier alpha value is -1.12. The zero-order chi connectivity index (χ0) is 10.8. The Kier molecular flexibility index (Phi) is 2.89. The fourth-order valence-corrected chi connectivity index (χ4v) is 2.23. The van der Waals surface area contributed by atoms with Gasteiger partial charge < -0.3 is 5.32 Å². The number of halogens is 2. The molecular weight excluding hydrogens is 196 g/mol. The molecule has 1 atom stereocenters. The molecular formula is C12H15F2N. The summed E-state index contributed by atoms with van der Waals surface area (Å²) in [5.74, 6) is -0.450. The Bertz CT molecular complexity index is 363. The van der Waals surface area contributed by atoms with Gasteiger partial charge in [-0.1, -0.05) is 13.3 Å². The lowest BCUT2D eigenvalue weighted by molar-refractivity contribution is 0.480. The van der Waals surface area contributed by atoms with E-state index >= 15 is 0 Å². The van der Waals surface area contributed by atoms with E-state index in [1.807, 2.05) is 0 Å². The van der Waals surface area contributed by atoms with Gasteiger partial charge in [-0.2, -0.15) is 0 Å². The highest BCUT2D eigenvalue weighted by Gasteiger charge is 2.20. The van der Waals surface area contributed by atoms with Gasteiger partial charge in [-0.25, -0.2) is 8.78 Å². The van der Waals surface area contributed by atoms with Gasteiger partial charge in [-0.15, -0.1) is 0 Å². The Morgan fingerprint density at radius 2 is 2.20 bits per heavy atom. The average Bonchev–Trinajstić information content (AvgIpc) is 2.17.